The van der Waals surface area contributed by atoms with Crippen LogP contribution in [0.3, 0.4) is 0 Å². The smallest absolute Gasteiger partial charge is 0.249 e. The van der Waals surface area contributed by atoms with Gasteiger partial charge in [-0.15, -0.1) is 0 Å². The average Bonchev–Trinajstić information content (AvgIpc) is 3.00. The first kappa shape index (κ1) is 16.4. The molecule has 1 aliphatic rings. The molecule has 0 unspecified atom stereocenters. The van der Waals surface area contributed by atoms with Crippen LogP contribution < -0.4 is 5.32 Å². The van der Waals surface area contributed by atoms with Gasteiger partial charge in [0.05, 0.1) is 25.4 Å². The maximum Gasteiger partial charge on any atom is 0.249 e. The van der Waals surface area contributed by atoms with Crippen molar-refractivity contribution in [2.75, 3.05) is 40.0 Å². The van der Waals surface area contributed by atoms with Gasteiger partial charge < -0.3 is 19.7 Å². The lowest BCUT2D eigenvalue weighted by Gasteiger charge is -2.33. The molecule has 8 nitrogen and oxygen atoms in total. The molecule has 0 aromatic carbocycles. The molecule has 2 heterocycles. The van der Waals surface area contributed by atoms with Gasteiger partial charge in [0.1, 0.15) is 12.6 Å². The first-order chi connectivity index (χ1) is 10.7. The highest BCUT2D eigenvalue weighted by Crippen LogP contribution is 2.20. The Morgan fingerprint density at radius 3 is 3.05 bits per heavy atom. The van der Waals surface area contributed by atoms with Crippen molar-refractivity contribution >= 4 is 11.8 Å². The Morgan fingerprint density at radius 2 is 2.32 bits per heavy atom. The number of ether oxygens (including phenoxy) is 2. The highest BCUT2D eigenvalue weighted by Gasteiger charge is 2.32. The van der Waals surface area contributed by atoms with Crippen molar-refractivity contribution in [3.63, 3.8) is 0 Å². The van der Waals surface area contributed by atoms with Crippen molar-refractivity contribution in [2.24, 2.45) is 0 Å². The summed E-state index contributed by atoms with van der Waals surface area (Å²) >= 11 is 0. The van der Waals surface area contributed by atoms with Crippen LogP contribution in [0, 0.1) is 0 Å². The largest absolute Gasteiger partial charge is 0.383 e. The van der Waals surface area contributed by atoms with Crippen LogP contribution in [0.4, 0.5) is 0 Å². The molecule has 0 aliphatic carbocycles. The number of methoxy groups -OCH3 is 1. The lowest BCUT2D eigenvalue weighted by molar-refractivity contribution is -0.139. The molecule has 22 heavy (non-hydrogen) atoms. The van der Waals surface area contributed by atoms with Crippen molar-refractivity contribution in [1.82, 2.24) is 20.0 Å². The second kappa shape index (κ2) is 7.90. The lowest BCUT2D eigenvalue weighted by Crippen LogP contribution is -2.48. The van der Waals surface area contributed by atoms with Crippen LogP contribution in [-0.2, 0) is 25.6 Å². The zero-order valence-corrected chi connectivity index (χ0v) is 12.9. The maximum atomic E-state index is 12.3. The fraction of sp³-hybridized carbons (Fsp3) is 0.643. The Hall–Kier alpha value is -1.93. The molecule has 0 radical (unpaired) electrons. The van der Waals surface area contributed by atoms with Crippen molar-refractivity contribution < 1.29 is 19.1 Å². The van der Waals surface area contributed by atoms with Crippen LogP contribution >= 0.6 is 0 Å². The van der Waals surface area contributed by atoms with E-state index in [2.05, 4.69) is 10.4 Å². The summed E-state index contributed by atoms with van der Waals surface area (Å²) in [6, 6.07) is 1.29. The number of carbonyl (C=O) groups excluding carboxylic acids is 2. The number of amides is 2. The summed E-state index contributed by atoms with van der Waals surface area (Å²) in [5.74, 6) is -0.292. The molecule has 8 heteroatoms. The highest BCUT2D eigenvalue weighted by atomic mass is 16.5. The van der Waals surface area contributed by atoms with E-state index in [1.165, 1.54) is 0 Å². The topological polar surface area (TPSA) is 85.7 Å². The molecule has 1 aliphatic heterocycles. The Bertz CT molecular complexity index is 517. The van der Waals surface area contributed by atoms with Gasteiger partial charge in [0.2, 0.25) is 11.8 Å². The molecule has 0 saturated carbocycles. The molecule has 0 fully saturated rings. The monoisotopic (exact) mass is 310 g/mol. The first-order valence-corrected chi connectivity index (χ1v) is 7.32. The van der Waals surface area contributed by atoms with E-state index in [9.17, 15) is 9.59 Å². The van der Waals surface area contributed by atoms with E-state index in [1.807, 2.05) is 13.0 Å². The number of nitrogens with zero attached hydrogens (tertiary/aromatic N) is 3. The molecular formula is C14H22N4O4. The highest BCUT2D eigenvalue weighted by molar-refractivity contribution is 5.83. The Kier molecular flexibility index (Phi) is 5.91. The molecular weight excluding hydrogens is 288 g/mol. The number of fused-ring (bicyclic) bond motifs is 1. The summed E-state index contributed by atoms with van der Waals surface area (Å²) in [4.78, 5) is 26.1. The Labute approximate surface area is 129 Å². The lowest BCUT2D eigenvalue weighted by atomic mass is 10.1. The predicted molar refractivity (Wildman–Crippen MR) is 78.1 cm³/mol. The molecule has 2 amide bonds. The maximum absolute atomic E-state index is 12.3. The van der Waals surface area contributed by atoms with Crippen LogP contribution in [-0.4, -0.2) is 66.5 Å². The van der Waals surface area contributed by atoms with Crippen molar-refractivity contribution in [2.45, 2.75) is 19.5 Å². The van der Waals surface area contributed by atoms with Gasteiger partial charge in [-0.3, -0.25) is 14.3 Å². The number of hydrogen-bond donors (Lipinski definition) is 1. The van der Waals surface area contributed by atoms with Gasteiger partial charge in [0.15, 0.2) is 0 Å². The van der Waals surface area contributed by atoms with Crippen LogP contribution in [0.1, 0.15) is 18.7 Å². The third-order valence-electron chi connectivity index (χ3n) is 3.48. The van der Waals surface area contributed by atoms with Crippen LogP contribution in [0.2, 0.25) is 0 Å². The second-order valence-corrected chi connectivity index (χ2v) is 4.98. The van der Waals surface area contributed by atoms with E-state index in [4.69, 9.17) is 9.47 Å². The minimum Gasteiger partial charge on any atom is -0.383 e. The van der Waals surface area contributed by atoms with E-state index in [-0.39, 0.29) is 18.4 Å². The van der Waals surface area contributed by atoms with Gasteiger partial charge >= 0.3 is 0 Å². The van der Waals surface area contributed by atoms with Crippen molar-refractivity contribution in [3.05, 3.63) is 18.0 Å². The van der Waals surface area contributed by atoms with E-state index in [0.29, 0.717) is 32.8 Å². The number of carbonyl (C=O) groups is 2. The molecule has 0 saturated heterocycles. The number of hydrogen-bond acceptors (Lipinski definition) is 5. The third-order valence-corrected chi connectivity index (χ3v) is 3.48. The summed E-state index contributed by atoms with van der Waals surface area (Å²) in [6.07, 6.45) is 1.64. The van der Waals surface area contributed by atoms with Crippen LogP contribution in [0.15, 0.2) is 12.3 Å². The SMILES string of the molecule is CCOCC(=O)N1Cc2ccnn2[C@H](C(=O)NCCOC)C1. The molecule has 1 aromatic rings. The van der Waals surface area contributed by atoms with Gasteiger partial charge in [-0.2, -0.15) is 5.10 Å². The molecule has 0 bridgehead atoms. The van der Waals surface area contributed by atoms with E-state index in [0.717, 1.165) is 5.69 Å². The summed E-state index contributed by atoms with van der Waals surface area (Å²) in [5.41, 5.74) is 0.836. The molecule has 1 atom stereocenters. The van der Waals surface area contributed by atoms with E-state index in [1.54, 1.807) is 22.9 Å². The van der Waals surface area contributed by atoms with Crippen LogP contribution in [0.5, 0.6) is 0 Å². The second-order valence-electron chi connectivity index (χ2n) is 4.98. The quantitative estimate of drug-likeness (QED) is 0.691. The Morgan fingerprint density at radius 1 is 1.50 bits per heavy atom. The first-order valence-electron chi connectivity index (χ1n) is 7.32. The van der Waals surface area contributed by atoms with Crippen molar-refractivity contribution in [3.8, 4) is 0 Å². The minimum absolute atomic E-state index is 0.0304. The summed E-state index contributed by atoms with van der Waals surface area (Å²) in [7, 11) is 1.58. The fourth-order valence-corrected chi connectivity index (χ4v) is 2.35. The van der Waals surface area contributed by atoms with Gasteiger partial charge in [-0.25, -0.2) is 0 Å². The minimum atomic E-state index is -0.527. The number of nitrogens with one attached hydrogen (secondary N) is 1. The van der Waals surface area contributed by atoms with Crippen molar-refractivity contribution in [1.29, 1.82) is 0 Å². The zero-order chi connectivity index (χ0) is 15.9. The van der Waals surface area contributed by atoms with E-state index < -0.39 is 6.04 Å². The molecule has 1 aromatic heterocycles. The average molecular weight is 310 g/mol. The van der Waals surface area contributed by atoms with E-state index >= 15 is 0 Å². The standard InChI is InChI=1S/C14H22N4O4/c1-3-22-10-13(19)17-8-11-4-5-16-18(11)12(9-17)14(20)15-6-7-21-2/h4-5,12H,3,6-10H2,1-2H3,(H,15,20)/t12-/m0/s1. The van der Waals surface area contributed by atoms with Gasteiger partial charge in [0, 0.05) is 26.5 Å². The van der Waals surface area contributed by atoms with Gasteiger partial charge in [0.25, 0.3) is 0 Å². The summed E-state index contributed by atoms with van der Waals surface area (Å²) in [6.45, 7) is 3.95. The molecule has 122 valence electrons. The Balaban J connectivity index is 2.05. The zero-order valence-electron chi connectivity index (χ0n) is 12.9. The number of rotatable bonds is 7. The summed E-state index contributed by atoms with van der Waals surface area (Å²) in [5, 5.41) is 6.99. The molecule has 0 spiro atoms. The molecule has 1 N–H and O–H groups in total. The number of aromatic nitrogens is 2. The summed E-state index contributed by atoms with van der Waals surface area (Å²) < 4.78 is 11.8. The van der Waals surface area contributed by atoms with Gasteiger partial charge in [-0.05, 0) is 13.0 Å². The normalized spacial score (nSPS) is 17.2. The van der Waals surface area contributed by atoms with Gasteiger partial charge in [-0.1, -0.05) is 0 Å². The molecule has 2 rings (SSSR count). The van der Waals surface area contributed by atoms with Crippen LogP contribution in [0.25, 0.3) is 0 Å². The predicted octanol–water partition coefficient (Wildman–Crippen LogP) is -0.434. The fourth-order valence-electron chi connectivity index (χ4n) is 2.35. The third kappa shape index (κ3) is 3.83.